The van der Waals surface area contributed by atoms with Crippen molar-refractivity contribution in [3.05, 3.63) is 59.2 Å². The lowest BCUT2D eigenvalue weighted by Gasteiger charge is -2.07. The summed E-state index contributed by atoms with van der Waals surface area (Å²) in [6, 6.07) is 13.6. The zero-order valence-electron chi connectivity index (χ0n) is 12.7. The van der Waals surface area contributed by atoms with Crippen molar-refractivity contribution in [1.82, 2.24) is 4.57 Å². The normalized spacial score (nSPS) is 10.9. The van der Waals surface area contributed by atoms with Crippen LogP contribution in [0.3, 0.4) is 0 Å². The topological polar surface area (TPSA) is 23.4 Å². The largest absolute Gasteiger partial charge is 0.497 e. The molecule has 0 aliphatic heterocycles. The molecule has 0 radical (unpaired) electrons. The van der Waals surface area contributed by atoms with Gasteiger partial charge in [0.15, 0.2) is 0 Å². The average Bonchev–Trinajstić information content (AvgIpc) is 2.90. The van der Waals surface area contributed by atoms with Crippen LogP contribution in [0.2, 0.25) is 5.02 Å². The molecule has 0 saturated carbocycles. The Bertz CT molecular complexity index is 795. The van der Waals surface area contributed by atoms with Crippen molar-refractivity contribution in [2.75, 3.05) is 7.11 Å². The molecule has 0 amide bonds. The maximum atomic E-state index is 6.13. The molecule has 4 heteroatoms. The first-order valence-corrected chi connectivity index (χ1v) is 7.63. The van der Waals surface area contributed by atoms with Gasteiger partial charge in [0, 0.05) is 40.3 Å². The molecule has 0 spiro atoms. The zero-order chi connectivity index (χ0) is 15.5. The molecule has 22 heavy (non-hydrogen) atoms. The van der Waals surface area contributed by atoms with Crippen LogP contribution in [0.1, 0.15) is 12.5 Å². The number of aromatic nitrogens is 1. The molecule has 1 aromatic heterocycles. The molecule has 3 rings (SSSR count). The van der Waals surface area contributed by atoms with Gasteiger partial charge in [-0.1, -0.05) is 17.7 Å². The van der Waals surface area contributed by atoms with Crippen molar-refractivity contribution in [2.45, 2.75) is 20.1 Å². The molecular weight excluding hydrogens is 298 g/mol. The number of hydrogen-bond acceptors (Lipinski definition) is 2. The lowest BCUT2D eigenvalue weighted by atomic mass is 10.2. The minimum atomic E-state index is 0.497. The molecular formula is C18H18ClNO2. The summed E-state index contributed by atoms with van der Waals surface area (Å²) in [5.74, 6) is 1.58. The van der Waals surface area contributed by atoms with Gasteiger partial charge in [0.05, 0.1) is 7.11 Å². The summed E-state index contributed by atoms with van der Waals surface area (Å²) in [6.07, 6.45) is 2.13. The van der Waals surface area contributed by atoms with E-state index < -0.39 is 0 Å². The summed E-state index contributed by atoms with van der Waals surface area (Å²) in [6.45, 7) is 3.54. The first-order valence-electron chi connectivity index (χ1n) is 7.25. The van der Waals surface area contributed by atoms with Crippen molar-refractivity contribution in [3.8, 4) is 11.5 Å². The van der Waals surface area contributed by atoms with E-state index in [1.807, 2.05) is 36.4 Å². The fourth-order valence-corrected chi connectivity index (χ4v) is 2.74. The van der Waals surface area contributed by atoms with Gasteiger partial charge in [-0.3, -0.25) is 0 Å². The summed E-state index contributed by atoms with van der Waals surface area (Å²) in [4.78, 5) is 0. The van der Waals surface area contributed by atoms with Gasteiger partial charge in [-0.05, 0) is 37.3 Å². The van der Waals surface area contributed by atoms with E-state index in [0.717, 1.165) is 34.0 Å². The molecule has 0 bridgehead atoms. The summed E-state index contributed by atoms with van der Waals surface area (Å²) in [5.41, 5.74) is 2.30. The van der Waals surface area contributed by atoms with Gasteiger partial charge >= 0.3 is 0 Å². The van der Waals surface area contributed by atoms with Gasteiger partial charge in [0.25, 0.3) is 0 Å². The molecule has 3 nitrogen and oxygen atoms in total. The summed E-state index contributed by atoms with van der Waals surface area (Å²) in [7, 11) is 1.65. The standard InChI is InChI=1S/C18H18ClNO2/c1-3-20-11-13(17-9-14(19)7-8-18(17)20)12-22-16-6-4-5-15(10-16)21-2/h4-11H,3,12H2,1-2H3. The van der Waals surface area contributed by atoms with Gasteiger partial charge in [-0.15, -0.1) is 0 Å². The summed E-state index contributed by atoms with van der Waals surface area (Å²) >= 11 is 6.13. The number of halogens is 1. The molecule has 0 fully saturated rings. The van der Waals surface area contributed by atoms with E-state index in [1.54, 1.807) is 7.11 Å². The minimum absolute atomic E-state index is 0.497. The van der Waals surface area contributed by atoms with E-state index >= 15 is 0 Å². The fourth-order valence-electron chi connectivity index (χ4n) is 2.57. The monoisotopic (exact) mass is 315 g/mol. The van der Waals surface area contributed by atoms with Crippen molar-refractivity contribution < 1.29 is 9.47 Å². The Kier molecular flexibility index (Phi) is 4.25. The maximum absolute atomic E-state index is 6.13. The van der Waals surface area contributed by atoms with E-state index in [0.29, 0.717) is 6.61 Å². The van der Waals surface area contributed by atoms with E-state index in [9.17, 15) is 0 Å². The van der Waals surface area contributed by atoms with Crippen molar-refractivity contribution in [3.63, 3.8) is 0 Å². The van der Waals surface area contributed by atoms with Crippen molar-refractivity contribution >= 4 is 22.5 Å². The van der Waals surface area contributed by atoms with Gasteiger partial charge in [-0.25, -0.2) is 0 Å². The lowest BCUT2D eigenvalue weighted by molar-refractivity contribution is 0.304. The number of aryl methyl sites for hydroxylation is 1. The van der Waals surface area contributed by atoms with Gasteiger partial charge < -0.3 is 14.0 Å². The number of methoxy groups -OCH3 is 1. The van der Waals surface area contributed by atoms with Gasteiger partial charge in [0.2, 0.25) is 0 Å². The predicted molar refractivity (Wildman–Crippen MR) is 89.9 cm³/mol. The Morgan fingerprint density at radius 2 is 1.91 bits per heavy atom. The number of hydrogen-bond donors (Lipinski definition) is 0. The Hall–Kier alpha value is -2.13. The molecule has 0 aliphatic rings. The number of ether oxygens (including phenoxy) is 2. The molecule has 2 aromatic carbocycles. The van der Waals surface area contributed by atoms with Crippen molar-refractivity contribution in [1.29, 1.82) is 0 Å². The summed E-state index contributed by atoms with van der Waals surface area (Å²) in [5, 5.41) is 1.88. The zero-order valence-corrected chi connectivity index (χ0v) is 13.4. The first-order chi connectivity index (χ1) is 10.7. The number of nitrogens with zero attached hydrogens (tertiary/aromatic N) is 1. The quantitative estimate of drug-likeness (QED) is 0.668. The van der Waals surface area contributed by atoms with E-state index in [2.05, 4.69) is 23.8 Å². The highest BCUT2D eigenvalue weighted by Gasteiger charge is 2.09. The van der Waals surface area contributed by atoms with Crippen LogP contribution in [0.25, 0.3) is 10.9 Å². The number of rotatable bonds is 5. The van der Waals surface area contributed by atoms with Gasteiger partial charge in [0.1, 0.15) is 18.1 Å². The highest BCUT2D eigenvalue weighted by atomic mass is 35.5. The minimum Gasteiger partial charge on any atom is -0.497 e. The van der Waals surface area contributed by atoms with E-state index in [4.69, 9.17) is 21.1 Å². The fraction of sp³-hybridized carbons (Fsp3) is 0.222. The third-order valence-electron chi connectivity index (χ3n) is 3.70. The molecule has 3 aromatic rings. The van der Waals surface area contributed by atoms with E-state index in [1.165, 1.54) is 5.52 Å². The van der Waals surface area contributed by atoms with Gasteiger partial charge in [-0.2, -0.15) is 0 Å². The molecule has 0 saturated heterocycles. The van der Waals surface area contributed by atoms with Crippen LogP contribution in [0, 0.1) is 0 Å². The summed E-state index contributed by atoms with van der Waals surface area (Å²) < 4.78 is 13.3. The lowest BCUT2D eigenvalue weighted by Crippen LogP contribution is -1.95. The van der Waals surface area contributed by atoms with Crippen LogP contribution < -0.4 is 9.47 Å². The number of benzene rings is 2. The molecule has 0 unspecified atom stereocenters. The molecule has 0 aliphatic carbocycles. The number of fused-ring (bicyclic) bond motifs is 1. The SMILES string of the molecule is CCn1cc(COc2cccc(OC)c2)c2cc(Cl)ccc21. The second kappa shape index (κ2) is 6.32. The van der Waals surface area contributed by atoms with Crippen LogP contribution in [0.15, 0.2) is 48.7 Å². The van der Waals surface area contributed by atoms with Crippen molar-refractivity contribution in [2.24, 2.45) is 0 Å². The highest BCUT2D eigenvalue weighted by Crippen LogP contribution is 2.27. The van der Waals surface area contributed by atoms with E-state index in [-0.39, 0.29) is 0 Å². The average molecular weight is 316 g/mol. The molecule has 0 atom stereocenters. The highest BCUT2D eigenvalue weighted by molar-refractivity contribution is 6.31. The molecule has 1 heterocycles. The second-order valence-corrected chi connectivity index (χ2v) is 5.51. The first kappa shape index (κ1) is 14.8. The maximum Gasteiger partial charge on any atom is 0.123 e. The van der Waals surface area contributed by atoms with Crippen LogP contribution in [0.4, 0.5) is 0 Å². The Morgan fingerprint density at radius 1 is 1.09 bits per heavy atom. The Balaban J connectivity index is 1.88. The van der Waals surface area contributed by atoms with Crippen LogP contribution in [0.5, 0.6) is 11.5 Å². The predicted octanol–water partition coefficient (Wildman–Crippen LogP) is 4.90. The van der Waals surface area contributed by atoms with Crippen LogP contribution in [-0.2, 0) is 13.2 Å². The van der Waals surface area contributed by atoms with Crippen LogP contribution in [-0.4, -0.2) is 11.7 Å². The Morgan fingerprint density at radius 3 is 2.68 bits per heavy atom. The third kappa shape index (κ3) is 2.90. The van der Waals surface area contributed by atoms with Crippen LogP contribution >= 0.6 is 11.6 Å². The smallest absolute Gasteiger partial charge is 0.123 e. The Labute approximate surface area is 135 Å². The molecule has 114 valence electrons. The second-order valence-electron chi connectivity index (χ2n) is 5.07. The molecule has 0 N–H and O–H groups in total. The third-order valence-corrected chi connectivity index (χ3v) is 3.94.